The van der Waals surface area contributed by atoms with E-state index < -0.39 is 0 Å². The summed E-state index contributed by atoms with van der Waals surface area (Å²) in [5, 5.41) is 10.9. The Hall–Kier alpha value is -4.14. The Balaban J connectivity index is 1.53. The highest BCUT2D eigenvalue weighted by atomic mass is 35.5. The molecule has 0 unspecified atom stereocenters. The molecule has 4 N–H and O–H groups in total. The first-order valence-electron chi connectivity index (χ1n) is 12.3. The average molecular weight is 532 g/mol. The van der Waals surface area contributed by atoms with Gasteiger partial charge in [-0.1, -0.05) is 49.2 Å². The highest BCUT2D eigenvalue weighted by Crippen LogP contribution is 2.27. The van der Waals surface area contributed by atoms with E-state index in [2.05, 4.69) is 15.7 Å². The number of rotatable bonds is 10. The summed E-state index contributed by atoms with van der Waals surface area (Å²) in [6.07, 6.45) is 3.03. The molecule has 4 aromatic rings. The lowest BCUT2D eigenvalue weighted by atomic mass is 10.1. The Bertz CT molecular complexity index is 1420. The first kappa shape index (κ1) is 26.9. The molecule has 4 rings (SSSR count). The Morgan fingerprint density at radius 1 is 1.00 bits per heavy atom. The number of benzene rings is 3. The number of nitrogens with one attached hydrogen (secondary N) is 2. The lowest BCUT2D eigenvalue weighted by molar-refractivity contribution is 0.0949. The molecule has 8 nitrogen and oxygen atoms in total. The van der Waals surface area contributed by atoms with Gasteiger partial charge in [0.15, 0.2) is 0 Å². The summed E-state index contributed by atoms with van der Waals surface area (Å²) >= 11 is 6.03. The van der Waals surface area contributed by atoms with Gasteiger partial charge >= 0.3 is 0 Å². The molecule has 38 heavy (non-hydrogen) atoms. The standard InChI is InChI=1S/C29H30ClN5O3/c1-3-4-26-24(18-33-35(26)23-12-10-22(30)11-13-23)29(37)34-25-15-21(9-14-27(25)38-2)28(36)32-17-20-7-5-19(16-31)6-8-20/h5-15,18H,3-4,16-17,31H2,1-2H3,(H,32,36)(H,34,37). The molecule has 0 atom stereocenters. The van der Waals surface area contributed by atoms with Gasteiger partial charge in [-0.15, -0.1) is 0 Å². The van der Waals surface area contributed by atoms with Crippen LogP contribution in [0.2, 0.25) is 5.02 Å². The van der Waals surface area contributed by atoms with E-state index in [4.69, 9.17) is 22.1 Å². The SMILES string of the molecule is CCCc1c(C(=O)Nc2cc(C(=O)NCc3ccc(CN)cc3)ccc2OC)cnn1-c1ccc(Cl)cc1. The van der Waals surface area contributed by atoms with Crippen LogP contribution in [0.25, 0.3) is 5.69 Å². The summed E-state index contributed by atoms with van der Waals surface area (Å²) in [5.74, 6) is -0.174. The molecule has 2 amide bonds. The lowest BCUT2D eigenvalue weighted by Crippen LogP contribution is -2.23. The summed E-state index contributed by atoms with van der Waals surface area (Å²) in [6, 6.07) is 19.9. The summed E-state index contributed by atoms with van der Waals surface area (Å²) in [4.78, 5) is 26.2. The zero-order valence-corrected chi connectivity index (χ0v) is 22.1. The van der Waals surface area contributed by atoms with E-state index in [0.717, 1.165) is 28.9 Å². The van der Waals surface area contributed by atoms with Crippen LogP contribution >= 0.6 is 11.6 Å². The molecule has 9 heteroatoms. The van der Waals surface area contributed by atoms with Gasteiger partial charge in [-0.05, 0) is 60.0 Å². The van der Waals surface area contributed by atoms with Gasteiger partial charge in [0.25, 0.3) is 11.8 Å². The summed E-state index contributed by atoms with van der Waals surface area (Å²) in [5.41, 5.74) is 10.4. The topological polar surface area (TPSA) is 111 Å². The number of halogens is 1. The molecular formula is C29H30ClN5O3. The Kier molecular flexibility index (Phi) is 8.78. The van der Waals surface area contributed by atoms with Crippen molar-refractivity contribution < 1.29 is 14.3 Å². The van der Waals surface area contributed by atoms with Crippen LogP contribution in [0.15, 0.2) is 72.9 Å². The number of nitrogens with two attached hydrogens (primary N) is 1. The van der Waals surface area contributed by atoms with Crippen molar-refractivity contribution in [1.29, 1.82) is 0 Å². The third-order valence-corrected chi connectivity index (χ3v) is 6.35. The van der Waals surface area contributed by atoms with Gasteiger partial charge in [-0.3, -0.25) is 9.59 Å². The first-order chi connectivity index (χ1) is 18.4. The van der Waals surface area contributed by atoms with Crippen LogP contribution in [0.5, 0.6) is 5.75 Å². The largest absolute Gasteiger partial charge is 0.495 e. The van der Waals surface area contributed by atoms with E-state index >= 15 is 0 Å². The maximum absolute atomic E-state index is 13.4. The highest BCUT2D eigenvalue weighted by molar-refractivity contribution is 6.30. The van der Waals surface area contributed by atoms with Gasteiger partial charge in [-0.25, -0.2) is 4.68 Å². The zero-order chi connectivity index (χ0) is 27.1. The number of carbonyl (C=O) groups is 2. The number of hydrogen-bond acceptors (Lipinski definition) is 5. The molecule has 0 spiro atoms. The van der Waals surface area contributed by atoms with E-state index in [-0.39, 0.29) is 11.8 Å². The number of methoxy groups -OCH3 is 1. The van der Waals surface area contributed by atoms with Crippen molar-refractivity contribution in [3.63, 3.8) is 0 Å². The molecule has 0 aliphatic heterocycles. The van der Waals surface area contributed by atoms with Crippen LogP contribution in [0, 0.1) is 0 Å². The fraction of sp³-hybridized carbons (Fsp3) is 0.207. The third kappa shape index (κ3) is 6.22. The molecule has 0 saturated carbocycles. The summed E-state index contributed by atoms with van der Waals surface area (Å²) in [7, 11) is 1.51. The molecule has 0 bridgehead atoms. The number of hydrogen-bond donors (Lipinski definition) is 3. The molecule has 0 aliphatic carbocycles. The number of ether oxygens (including phenoxy) is 1. The normalized spacial score (nSPS) is 10.7. The van der Waals surface area contributed by atoms with Gasteiger partial charge < -0.3 is 21.1 Å². The van der Waals surface area contributed by atoms with Crippen LogP contribution in [-0.4, -0.2) is 28.7 Å². The smallest absolute Gasteiger partial charge is 0.259 e. The Labute approximate surface area is 226 Å². The lowest BCUT2D eigenvalue weighted by Gasteiger charge is -2.13. The number of nitrogens with zero attached hydrogens (tertiary/aromatic N) is 2. The molecule has 0 saturated heterocycles. The molecule has 1 heterocycles. The van der Waals surface area contributed by atoms with E-state index in [1.54, 1.807) is 41.2 Å². The third-order valence-electron chi connectivity index (χ3n) is 6.09. The highest BCUT2D eigenvalue weighted by Gasteiger charge is 2.20. The van der Waals surface area contributed by atoms with Crippen LogP contribution < -0.4 is 21.1 Å². The van der Waals surface area contributed by atoms with Crippen molar-refractivity contribution in [3.05, 3.63) is 106 Å². The fourth-order valence-electron chi connectivity index (χ4n) is 4.06. The predicted molar refractivity (Wildman–Crippen MR) is 149 cm³/mol. The minimum absolute atomic E-state index is 0.270. The van der Waals surface area contributed by atoms with E-state index in [9.17, 15) is 9.59 Å². The van der Waals surface area contributed by atoms with Gasteiger partial charge in [0.1, 0.15) is 5.75 Å². The first-order valence-corrected chi connectivity index (χ1v) is 12.7. The number of amides is 2. The van der Waals surface area contributed by atoms with E-state index in [1.165, 1.54) is 7.11 Å². The van der Waals surface area contributed by atoms with E-state index in [1.807, 2.05) is 43.3 Å². The number of carbonyl (C=O) groups excluding carboxylic acids is 2. The second-order valence-corrected chi connectivity index (χ2v) is 9.15. The van der Waals surface area contributed by atoms with Crippen LogP contribution in [0.4, 0.5) is 5.69 Å². The van der Waals surface area contributed by atoms with Crippen molar-refractivity contribution in [3.8, 4) is 11.4 Å². The average Bonchev–Trinajstić information content (AvgIpc) is 3.36. The van der Waals surface area contributed by atoms with Crippen LogP contribution in [0.1, 0.15) is 50.9 Å². The molecule has 0 radical (unpaired) electrons. The molecule has 0 fully saturated rings. The van der Waals surface area contributed by atoms with Crippen molar-refractivity contribution in [2.45, 2.75) is 32.9 Å². The van der Waals surface area contributed by atoms with Crippen molar-refractivity contribution >= 4 is 29.1 Å². The zero-order valence-electron chi connectivity index (χ0n) is 21.3. The predicted octanol–water partition coefficient (Wildman–Crippen LogP) is 5.13. The molecule has 3 aromatic carbocycles. The second kappa shape index (κ2) is 12.4. The second-order valence-electron chi connectivity index (χ2n) is 8.72. The molecule has 0 aliphatic rings. The quantitative estimate of drug-likeness (QED) is 0.263. The minimum atomic E-state index is -0.343. The minimum Gasteiger partial charge on any atom is -0.495 e. The van der Waals surface area contributed by atoms with Gasteiger partial charge in [0.2, 0.25) is 0 Å². The fourth-order valence-corrected chi connectivity index (χ4v) is 4.19. The van der Waals surface area contributed by atoms with Crippen molar-refractivity contribution in [1.82, 2.24) is 15.1 Å². The van der Waals surface area contributed by atoms with Crippen molar-refractivity contribution in [2.24, 2.45) is 5.73 Å². The molecule has 1 aromatic heterocycles. The van der Waals surface area contributed by atoms with Crippen molar-refractivity contribution in [2.75, 3.05) is 12.4 Å². The number of aromatic nitrogens is 2. The van der Waals surface area contributed by atoms with Gasteiger partial charge in [0, 0.05) is 23.7 Å². The molecular weight excluding hydrogens is 502 g/mol. The molecule has 196 valence electrons. The van der Waals surface area contributed by atoms with Crippen LogP contribution in [-0.2, 0) is 19.5 Å². The monoisotopic (exact) mass is 531 g/mol. The van der Waals surface area contributed by atoms with Gasteiger partial charge in [0.05, 0.1) is 35.9 Å². The van der Waals surface area contributed by atoms with E-state index in [0.29, 0.717) is 47.1 Å². The number of anilines is 1. The maximum Gasteiger partial charge on any atom is 0.259 e. The Morgan fingerprint density at radius 3 is 2.37 bits per heavy atom. The Morgan fingerprint density at radius 2 is 1.71 bits per heavy atom. The van der Waals surface area contributed by atoms with Crippen LogP contribution in [0.3, 0.4) is 0 Å². The summed E-state index contributed by atoms with van der Waals surface area (Å²) < 4.78 is 7.19. The maximum atomic E-state index is 13.4. The summed E-state index contributed by atoms with van der Waals surface area (Å²) in [6.45, 7) is 2.87. The van der Waals surface area contributed by atoms with Gasteiger partial charge in [-0.2, -0.15) is 5.10 Å².